The molecule has 1 unspecified atom stereocenters. The predicted octanol–water partition coefficient (Wildman–Crippen LogP) is 4.08. The van der Waals surface area contributed by atoms with Gasteiger partial charge in [-0.15, -0.1) is 0 Å². The number of rotatable bonds is 7. The molecule has 2 amide bonds. The van der Waals surface area contributed by atoms with Gasteiger partial charge >= 0.3 is 5.97 Å². The molecule has 2 N–H and O–H groups in total. The van der Waals surface area contributed by atoms with Crippen molar-refractivity contribution >= 4 is 40.6 Å². The number of aliphatic imine (C=N–C) groups is 1. The summed E-state index contributed by atoms with van der Waals surface area (Å²) in [7, 11) is 3.90. The van der Waals surface area contributed by atoms with Gasteiger partial charge in [0.25, 0.3) is 0 Å². The van der Waals surface area contributed by atoms with Gasteiger partial charge in [-0.25, -0.2) is 4.79 Å². The van der Waals surface area contributed by atoms with Crippen LogP contribution < -0.4 is 10.2 Å². The summed E-state index contributed by atoms with van der Waals surface area (Å²) in [6.45, 7) is 1.34. The number of carbonyl (C=O) groups excluding carboxylic acids is 2. The molecule has 8 heteroatoms. The van der Waals surface area contributed by atoms with E-state index in [0.717, 1.165) is 23.2 Å². The number of benzene rings is 3. The summed E-state index contributed by atoms with van der Waals surface area (Å²) < 4.78 is 0. The van der Waals surface area contributed by atoms with Crippen LogP contribution in [0.15, 0.2) is 71.7 Å². The highest BCUT2D eigenvalue weighted by Gasteiger charge is 2.36. The zero-order valence-corrected chi connectivity index (χ0v) is 20.8. The van der Waals surface area contributed by atoms with Gasteiger partial charge in [0.1, 0.15) is 5.92 Å². The number of carboxylic acids is 1. The summed E-state index contributed by atoms with van der Waals surface area (Å²) in [5.74, 6) is -1.88. The van der Waals surface area contributed by atoms with Gasteiger partial charge < -0.3 is 20.2 Å². The van der Waals surface area contributed by atoms with Crippen molar-refractivity contribution in [1.29, 1.82) is 0 Å². The van der Waals surface area contributed by atoms with E-state index in [9.17, 15) is 19.5 Å². The Kier molecular flexibility index (Phi) is 6.58. The van der Waals surface area contributed by atoms with Gasteiger partial charge in [-0.3, -0.25) is 14.6 Å². The Hall–Kier alpha value is -4.30. The van der Waals surface area contributed by atoms with Gasteiger partial charge in [0.05, 0.1) is 17.0 Å². The standard InChI is InChI=1S/C29H28N4O4/c1-32(2)14-13-25(34)33-15-12-19-16-21(9-11-24(19)33)30-27(18-6-4-3-5-7-18)26-22-10-8-20(29(36)37)17-23(22)31-28(26)35/h3-11,16-17,26H,12-15H2,1-2H3,(H,31,35)(H,36,37). The molecule has 0 aliphatic carbocycles. The molecule has 0 saturated carbocycles. The zero-order chi connectivity index (χ0) is 26.1. The van der Waals surface area contributed by atoms with Crippen LogP contribution in [0.3, 0.4) is 0 Å². The molecule has 0 spiro atoms. The molecule has 0 bridgehead atoms. The molecular weight excluding hydrogens is 468 g/mol. The number of fused-ring (bicyclic) bond motifs is 2. The van der Waals surface area contributed by atoms with Gasteiger partial charge in [0, 0.05) is 30.9 Å². The smallest absolute Gasteiger partial charge is 0.335 e. The summed E-state index contributed by atoms with van der Waals surface area (Å²) >= 11 is 0. The molecule has 3 aromatic rings. The second-order valence-corrected chi connectivity index (χ2v) is 9.55. The predicted molar refractivity (Wildman–Crippen MR) is 143 cm³/mol. The number of carboxylic acid groups (broad SMARTS) is 1. The highest BCUT2D eigenvalue weighted by Crippen LogP contribution is 2.38. The SMILES string of the molecule is CN(C)CCC(=O)N1CCc2cc(N=C(c3ccccc3)C3C(=O)Nc4cc(C(=O)O)ccc43)ccc21. The van der Waals surface area contributed by atoms with Gasteiger partial charge in [0.2, 0.25) is 11.8 Å². The van der Waals surface area contributed by atoms with E-state index in [4.69, 9.17) is 4.99 Å². The Bertz CT molecular complexity index is 1410. The van der Waals surface area contributed by atoms with E-state index in [0.29, 0.717) is 42.2 Å². The van der Waals surface area contributed by atoms with E-state index >= 15 is 0 Å². The van der Waals surface area contributed by atoms with Crippen molar-refractivity contribution in [2.45, 2.75) is 18.8 Å². The van der Waals surface area contributed by atoms with Crippen LogP contribution in [0.5, 0.6) is 0 Å². The van der Waals surface area contributed by atoms with Crippen LogP contribution >= 0.6 is 0 Å². The van der Waals surface area contributed by atoms with Crippen molar-refractivity contribution in [2.24, 2.45) is 4.99 Å². The number of aromatic carboxylic acids is 1. The number of amides is 2. The van der Waals surface area contributed by atoms with Crippen molar-refractivity contribution in [3.63, 3.8) is 0 Å². The van der Waals surface area contributed by atoms with Crippen LogP contribution in [-0.4, -0.2) is 60.7 Å². The molecule has 37 heavy (non-hydrogen) atoms. The molecule has 3 aromatic carbocycles. The summed E-state index contributed by atoms with van der Waals surface area (Å²) in [5, 5.41) is 12.2. The first-order valence-electron chi connectivity index (χ1n) is 12.2. The molecular formula is C29H28N4O4. The van der Waals surface area contributed by atoms with E-state index < -0.39 is 11.9 Å². The maximum Gasteiger partial charge on any atom is 0.335 e. The quantitative estimate of drug-likeness (QED) is 0.480. The van der Waals surface area contributed by atoms with Crippen LogP contribution in [0.2, 0.25) is 0 Å². The van der Waals surface area contributed by atoms with Crippen molar-refractivity contribution in [1.82, 2.24) is 4.90 Å². The number of hydrogen-bond acceptors (Lipinski definition) is 5. The first kappa shape index (κ1) is 24.4. The lowest BCUT2D eigenvalue weighted by molar-refractivity contribution is -0.118. The summed E-state index contributed by atoms with van der Waals surface area (Å²) in [6.07, 6.45) is 1.21. The zero-order valence-electron chi connectivity index (χ0n) is 20.8. The van der Waals surface area contributed by atoms with Gasteiger partial charge in [0.15, 0.2) is 0 Å². The summed E-state index contributed by atoms with van der Waals surface area (Å²) in [4.78, 5) is 46.1. The molecule has 2 aliphatic heterocycles. The molecule has 1 atom stereocenters. The average Bonchev–Trinajstić information content (AvgIpc) is 3.45. The van der Waals surface area contributed by atoms with Crippen molar-refractivity contribution in [3.8, 4) is 0 Å². The first-order chi connectivity index (χ1) is 17.8. The first-order valence-corrected chi connectivity index (χ1v) is 12.2. The lowest BCUT2D eigenvalue weighted by Crippen LogP contribution is -2.31. The lowest BCUT2D eigenvalue weighted by Gasteiger charge is -2.19. The van der Waals surface area contributed by atoms with E-state index in [-0.39, 0.29) is 17.4 Å². The topological polar surface area (TPSA) is 102 Å². The fourth-order valence-electron chi connectivity index (χ4n) is 4.88. The third kappa shape index (κ3) is 4.88. The Labute approximate surface area is 215 Å². The monoisotopic (exact) mass is 496 g/mol. The van der Waals surface area contributed by atoms with Crippen molar-refractivity contribution in [3.05, 3.63) is 89.0 Å². The van der Waals surface area contributed by atoms with Crippen LogP contribution in [0, 0.1) is 0 Å². The van der Waals surface area contributed by atoms with Crippen LogP contribution in [0.1, 0.15) is 39.4 Å². The molecule has 5 rings (SSSR count). The van der Waals surface area contributed by atoms with Gasteiger partial charge in [-0.1, -0.05) is 36.4 Å². The van der Waals surface area contributed by atoms with Crippen LogP contribution in [0.4, 0.5) is 17.1 Å². The average molecular weight is 497 g/mol. The molecule has 0 fully saturated rings. The number of nitrogens with zero attached hydrogens (tertiary/aromatic N) is 3. The minimum atomic E-state index is -1.05. The van der Waals surface area contributed by atoms with E-state index in [1.807, 2.05) is 72.4 Å². The minimum Gasteiger partial charge on any atom is -0.478 e. The Morgan fingerprint density at radius 3 is 2.57 bits per heavy atom. The molecule has 188 valence electrons. The van der Waals surface area contributed by atoms with Crippen molar-refractivity contribution in [2.75, 3.05) is 37.4 Å². The van der Waals surface area contributed by atoms with Crippen LogP contribution in [0.25, 0.3) is 0 Å². The fourth-order valence-corrected chi connectivity index (χ4v) is 4.88. The normalized spacial score (nSPS) is 16.5. The minimum absolute atomic E-state index is 0.105. The summed E-state index contributed by atoms with van der Waals surface area (Å²) in [6, 6.07) is 20.0. The molecule has 2 aliphatic rings. The maximum absolute atomic E-state index is 13.1. The fraction of sp³-hybridized carbons (Fsp3) is 0.241. The number of hydrogen-bond donors (Lipinski definition) is 2. The van der Waals surface area contributed by atoms with Gasteiger partial charge in [-0.2, -0.15) is 0 Å². The van der Waals surface area contributed by atoms with E-state index in [2.05, 4.69) is 5.32 Å². The number of anilines is 2. The van der Waals surface area contributed by atoms with Gasteiger partial charge in [-0.05, 0) is 67.5 Å². The van der Waals surface area contributed by atoms with Crippen LogP contribution in [-0.2, 0) is 16.0 Å². The molecule has 8 nitrogen and oxygen atoms in total. The Morgan fingerprint density at radius 1 is 1.05 bits per heavy atom. The summed E-state index contributed by atoms with van der Waals surface area (Å²) in [5.41, 5.74) is 5.33. The highest BCUT2D eigenvalue weighted by atomic mass is 16.4. The molecule has 0 saturated heterocycles. The second-order valence-electron chi connectivity index (χ2n) is 9.55. The molecule has 0 aromatic heterocycles. The Morgan fingerprint density at radius 2 is 1.84 bits per heavy atom. The second kappa shape index (κ2) is 9.99. The maximum atomic E-state index is 13.1. The third-order valence-electron chi connectivity index (χ3n) is 6.76. The largest absolute Gasteiger partial charge is 0.478 e. The Balaban J connectivity index is 1.51. The molecule has 2 heterocycles. The van der Waals surface area contributed by atoms with E-state index in [1.165, 1.54) is 12.1 Å². The lowest BCUT2D eigenvalue weighted by atomic mass is 9.90. The molecule has 0 radical (unpaired) electrons. The highest BCUT2D eigenvalue weighted by molar-refractivity contribution is 6.24. The third-order valence-corrected chi connectivity index (χ3v) is 6.76. The van der Waals surface area contributed by atoms with Crippen molar-refractivity contribution < 1.29 is 19.5 Å². The van der Waals surface area contributed by atoms with E-state index in [1.54, 1.807) is 6.07 Å². The number of carbonyl (C=O) groups is 3. The number of nitrogens with one attached hydrogen (secondary N) is 1.